The molecule has 1 aromatic heterocycles. The lowest BCUT2D eigenvalue weighted by atomic mass is 9.53. The van der Waals surface area contributed by atoms with E-state index in [9.17, 15) is 9.59 Å². The molecule has 2 amide bonds. The second-order valence-corrected chi connectivity index (χ2v) is 5.97. The average molecular weight is 275 g/mol. The van der Waals surface area contributed by atoms with Gasteiger partial charge in [-0.2, -0.15) is 0 Å². The topological polar surface area (TPSA) is 71.1 Å². The lowest BCUT2D eigenvalue weighted by Gasteiger charge is -2.51. The van der Waals surface area contributed by atoms with E-state index in [0.29, 0.717) is 18.3 Å². The van der Waals surface area contributed by atoms with Gasteiger partial charge in [-0.05, 0) is 36.8 Å². The summed E-state index contributed by atoms with van der Waals surface area (Å²) in [6, 6.07) is 5.08. The summed E-state index contributed by atoms with van der Waals surface area (Å²) in [5.41, 5.74) is -0.0376. The van der Waals surface area contributed by atoms with Crippen LogP contribution in [0.1, 0.15) is 27.2 Å². The molecule has 5 heteroatoms. The highest BCUT2D eigenvalue weighted by molar-refractivity contribution is 5.88. The summed E-state index contributed by atoms with van der Waals surface area (Å²) in [5.74, 6) is 1.22. The van der Waals surface area contributed by atoms with Crippen molar-refractivity contribution in [3.05, 3.63) is 24.4 Å². The van der Waals surface area contributed by atoms with E-state index in [4.69, 9.17) is 0 Å². The van der Waals surface area contributed by atoms with Crippen LogP contribution in [0.15, 0.2) is 24.4 Å². The number of urea groups is 1. The fourth-order valence-electron chi connectivity index (χ4n) is 2.87. The summed E-state index contributed by atoms with van der Waals surface area (Å²) in [5, 5.41) is 5.53. The minimum Gasteiger partial charge on any atom is -0.338 e. The molecule has 2 atom stereocenters. The van der Waals surface area contributed by atoms with E-state index >= 15 is 0 Å². The lowest BCUT2D eigenvalue weighted by Crippen LogP contribution is -2.52. The molecule has 0 aromatic carbocycles. The highest BCUT2D eigenvalue weighted by Gasteiger charge is 2.49. The maximum absolute atomic E-state index is 11.8. The van der Waals surface area contributed by atoms with Gasteiger partial charge in [-0.15, -0.1) is 0 Å². The van der Waals surface area contributed by atoms with Gasteiger partial charge in [0.15, 0.2) is 0 Å². The number of nitrogens with one attached hydrogen (secondary N) is 2. The third-order valence-corrected chi connectivity index (χ3v) is 4.38. The zero-order valence-corrected chi connectivity index (χ0v) is 12.1. The van der Waals surface area contributed by atoms with Crippen LogP contribution < -0.4 is 10.6 Å². The summed E-state index contributed by atoms with van der Waals surface area (Å²) in [6.45, 7) is 6.40. The van der Waals surface area contributed by atoms with Gasteiger partial charge in [0, 0.05) is 18.7 Å². The minimum atomic E-state index is -0.259. The van der Waals surface area contributed by atoms with Gasteiger partial charge in [-0.1, -0.05) is 19.9 Å². The molecule has 2 N–H and O–H groups in total. The van der Waals surface area contributed by atoms with Crippen LogP contribution in [-0.4, -0.2) is 23.3 Å². The molecule has 20 heavy (non-hydrogen) atoms. The Morgan fingerprint density at radius 2 is 2.15 bits per heavy atom. The van der Waals surface area contributed by atoms with Crippen molar-refractivity contribution in [2.24, 2.45) is 17.3 Å². The third kappa shape index (κ3) is 2.98. The number of anilines is 1. The Labute approximate surface area is 119 Å². The predicted octanol–water partition coefficient (Wildman–Crippen LogP) is 2.45. The number of hydrogen-bond donors (Lipinski definition) is 2. The van der Waals surface area contributed by atoms with Crippen LogP contribution in [0.5, 0.6) is 0 Å². The van der Waals surface area contributed by atoms with Gasteiger partial charge in [0.1, 0.15) is 11.6 Å². The summed E-state index contributed by atoms with van der Waals surface area (Å²) < 4.78 is 0. The quantitative estimate of drug-likeness (QED) is 0.886. The molecule has 108 valence electrons. The molecule has 0 spiro atoms. The minimum absolute atomic E-state index is 0.0376. The number of nitrogens with zero attached hydrogens (tertiary/aromatic N) is 1. The Bertz CT molecular complexity index is 499. The van der Waals surface area contributed by atoms with Gasteiger partial charge in [0.05, 0.1) is 0 Å². The first-order valence-electron chi connectivity index (χ1n) is 6.87. The van der Waals surface area contributed by atoms with Crippen LogP contribution in [0.3, 0.4) is 0 Å². The second-order valence-electron chi connectivity index (χ2n) is 5.97. The summed E-state index contributed by atoms with van der Waals surface area (Å²) in [6.07, 6.45) is 2.48. The molecule has 1 aliphatic carbocycles. The molecule has 2 rings (SSSR count). The fourth-order valence-corrected chi connectivity index (χ4v) is 2.87. The van der Waals surface area contributed by atoms with Gasteiger partial charge in [0.2, 0.25) is 0 Å². The Balaban J connectivity index is 1.79. The predicted molar refractivity (Wildman–Crippen MR) is 77.3 cm³/mol. The van der Waals surface area contributed by atoms with Crippen molar-refractivity contribution in [1.29, 1.82) is 0 Å². The highest BCUT2D eigenvalue weighted by atomic mass is 16.2. The summed E-state index contributed by atoms with van der Waals surface area (Å²) in [4.78, 5) is 27.2. The standard InChI is InChI=1S/C15H21N3O2/c1-10(19)12-8-11(15(12,2)3)9-17-14(20)18-13-6-4-5-7-16-13/h4-7,11-12H,8-9H2,1-3H3,(H2,16,17,18,20). The average Bonchev–Trinajstić information content (AvgIpc) is 2.38. The van der Waals surface area contributed by atoms with Gasteiger partial charge in [-0.25, -0.2) is 9.78 Å². The number of hydrogen-bond acceptors (Lipinski definition) is 3. The zero-order valence-electron chi connectivity index (χ0n) is 12.1. The normalized spacial score (nSPS) is 23.6. The fraction of sp³-hybridized carbons (Fsp3) is 0.533. The third-order valence-electron chi connectivity index (χ3n) is 4.38. The van der Waals surface area contributed by atoms with Crippen molar-refractivity contribution in [3.63, 3.8) is 0 Å². The van der Waals surface area contributed by atoms with Crippen LogP contribution in [0.2, 0.25) is 0 Å². The van der Waals surface area contributed by atoms with Crippen molar-refractivity contribution in [1.82, 2.24) is 10.3 Å². The molecule has 1 aliphatic rings. The number of carbonyl (C=O) groups excluding carboxylic acids is 2. The van der Waals surface area contributed by atoms with Crippen LogP contribution in [0, 0.1) is 17.3 Å². The zero-order chi connectivity index (χ0) is 14.8. The van der Waals surface area contributed by atoms with E-state index < -0.39 is 0 Å². The molecule has 1 fully saturated rings. The molecule has 0 bridgehead atoms. The molecule has 0 aliphatic heterocycles. The van der Waals surface area contributed by atoms with E-state index in [0.717, 1.165) is 6.42 Å². The Morgan fingerprint density at radius 1 is 1.40 bits per heavy atom. The number of amides is 2. The molecule has 5 nitrogen and oxygen atoms in total. The SMILES string of the molecule is CC(=O)C1CC(CNC(=O)Nc2ccccn2)C1(C)C. The number of Topliss-reactive ketones (excluding diaryl/α,β-unsaturated/α-hetero) is 1. The monoisotopic (exact) mass is 275 g/mol. The van der Waals surface area contributed by atoms with Crippen molar-refractivity contribution in [2.75, 3.05) is 11.9 Å². The molecule has 0 radical (unpaired) electrons. The Hall–Kier alpha value is -1.91. The molecule has 1 aromatic rings. The molecular formula is C15H21N3O2. The number of rotatable bonds is 4. The number of carbonyl (C=O) groups is 2. The van der Waals surface area contributed by atoms with Gasteiger partial charge >= 0.3 is 6.03 Å². The van der Waals surface area contributed by atoms with E-state index in [1.807, 2.05) is 6.07 Å². The van der Waals surface area contributed by atoms with Crippen LogP contribution in [0.25, 0.3) is 0 Å². The highest BCUT2D eigenvalue weighted by Crippen LogP contribution is 2.51. The molecule has 0 saturated heterocycles. The molecular weight excluding hydrogens is 254 g/mol. The Kier molecular flexibility index (Phi) is 4.06. The van der Waals surface area contributed by atoms with Gasteiger partial charge in [-0.3, -0.25) is 10.1 Å². The second kappa shape index (κ2) is 5.61. The van der Waals surface area contributed by atoms with Crippen LogP contribution in [-0.2, 0) is 4.79 Å². The van der Waals surface area contributed by atoms with E-state index in [-0.39, 0.29) is 23.1 Å². The number of aromatic nitrogens is 1. The molecule has 2 unspecified atom stereocenters. The van der Waals surface area contributed by atoms with E-state index in [1.54, 1.807) is 25.3 Å². The smallest absolute Gasteiger partial charge is 0.320 e. The van der Waals surface area contributed by atoms with Crippen molar-refractivity contribution < 1.29 is 9.59 Å². The van der Waals surface area contributed by atoms with E-state index in [2.05, 4.69) is 29.5 Å². The number of pyridine rings is 1. The van der Waals surface area contributed by atoms with E-state index in [1.165, 1.54) is 0 Å². The van der Waals surface area contributed by atoms with Crippen molar-refractivity contribution >= 4 is 17.6 Å². The first-order valence-corrected chi connectivity index (χ1v) is 6.87. The first-order chi connectivity index (χ1) is 9.41. The largest absolute Gasteiger partial charge is 0.338 e. The molecule has 1 saturated carbocycles. The van der Waals surface area contributed by atoms with Gasteiger partial charge < -0.3 is 5.32 Å². The van der Waals surface area contributed by atoms with Crippen LogP contribution >= 0.6 is 0 Å². The van der Waals surface area contributed by atoms with Gasteiger partial charge in [0.25, 0.3) is 0 Å². The van der Waals surface area contributed by atoms with Crippen molar-refractivity contribution in [2.45, 2.75) is 27.2 Å². The summed E-state index contributed by atoms with van der Waals surface area (Å²) >= 11 is 0. The lowest BCUT2D eigenvalue weighted by molar-refractivity contribution is -0.135. The summed E-state index contributed by atoms with van der Waals surface area (Å²) in [7, 11) is 0. The van der Waals surface area contributed by atoms with Crippen molar-refractivity contribution in [3.8, 4) is 0 Å². The maximum Gasteiger partial charge on any atom is 0.320 e. The molecule has 1 heterocycles. The Morgan fingerprint density at radius 3 is 2.70 bits per heavy atom. The number of ketones is 1. The maximum atomic E-state index is 11.8. The van der Waals surface area contributed by atoms with Crippen LogP contribution in [0.4, 0.5) is 10.6 Å². The first kappa shape index (κ1) is 14.5.